The summed E-state index contributed by atoms with van der Waals surface area (Å²) in [4.78, 5) is 6.68. The molecule has 4 fully saturated rings. The number of oxime groups is 1. The highest BCUT2D eigenvalue weighted by atomic mass is 33.1. The van der Waals surface area contributed by atoms with Gasteiger partial charge in [0.25, 0.3) is 0 Å². The smallest absolute Gasteiger partial charge is 0.146 e. The predicted molar refractivity (Wildman–Crippen MR) is 208 cm³/mol. The highest BCUT2D eigenvalue weighted by molar-refractivity contribution is 8.77. The van der Waals surface area contributed by atoms with Crippen molar-refractivity contribution in [1.82, 2.24) is 5.32 Å². The third-order valence-electron chi connectivity index (χ3n) is 11.5. The van der Waals surface area contributed by atoms with Gasteiger partial charge in [-0.25, -0.2) is 0 Å². The quantitative estimate of drug-likeness (QED) is 0.105. The molecule has 4 aliphatic rings. The van der Waals surface area contributed by atoms with Crippen molar-refractivity contribution < 1.29 is 9.57 Å². The topological polar surface area (TPSA) is 42.8 Å². The SMILES string of the molecule is CC(/C=C/NC1CCCCCCC1)C(O/N=C/C1CCCCCCC1)C(CCOC1CCCCCCC1)SSC1CCCCCCC1. The van der Waals surface area contributed by atoms with E-state index >= 15 is 0 Å². The van der Waals surface area contributed by atoms with E-state index in [-0.39, 0.29) is 12.0 Å². The van der Waals surface area contributed by atoms with E-state index in [0.29, 0.717) is 23.3 Å². The first-order valence-electron chi connectivity index (χ1n) is 20.8. The molecule has 4 rings (SSSR count). The number of hydrogen-bond donors (Lipinski definition) is 1. The van der Waals surface area contributed by atoms with Crippen molar-refractivity contribution in [2.45, 2.75) is 222 Å². The summed E-state index contributed by atoms with van der Waals surface area (Å²) in [5, 5.41) is 9.77. The molecule has 1 N–H and O–H groups in total. The van der Waals surface area contributed by atoms with E-state index < -0.39 is 0 Å². The third-order valence-corrected chi connectivity index (χ3v) is 15.0. The molecule has 0 radical (unpaired) electrons. The molecule has 0 aromatic carbocycles. The van der Waals surface area contributed by atoms with E-state index in [1.165, 1.54) is 180 Å². The van der Waals surface area contributed by atoms with E-state index in [9.17, 15) is 0 Å². The first-order chi connectivity index (χ1) is 23.3. The van der Waals surface area contributed by atoms with Crippen LogP contribution in [0.3, 0.4) is 0 Å². The molecule has 0 bridgehead atoms. The van der Waals surface area contributed by atoms with Crippen molar-refractivity contribution in [3.05, 3.63) is 12.3 Å². The van der Waals surface area contributed by atoms with Gasteiger partial charge in [0.1, 0.15) is 6.10 Å². The summed E-state index contributed by atoms with van der Waals surface area (Å²) in [5.74, 6) is 0.850. The van der Waals surface area contributed by atoms with Crippen molar-refractivity contribution in [3.8, 4) is 0 Å². The number of nitrogens with one attached hydrogen (secondary N) is 1. The summed E-state index contributed by atoms with van der Waals surface area (Å²) in [6, 6.07) is 0.618. The van der Waals surface area contributed by atoms with Gasteiger partial charge in [-0.15, -0.1) is 0 Å². The van der Waals surface area contributed by atoms with Crippen molar-refractivity contribution in [2.75, 3.05) is 6.61 Å². The number of hydrogen-bond acceptors (Lipinski definition) is 6. The lowest BCUT2D eigenvalue weighted by Crippen LogP contribution is -2.33. The van der Waals surface area contributed by atoms with Gasteiger partial charge in [-0.1, -0.05) is 168 Å². The average Bonchev–Trinajstić information content (AvgIpc) is 3.00. The molecule has 0 aromatic rings. The molecule has 4 nitrogen and oxygen atoms in total. The molecule has 0 aliphatic heterocycles. The Bertz CT molecular complexity index is 793. The van der Waals surface area contributed by atoms with Crippen LogP contribution in [0.1, 0.15) is 193 Å². The number of nitrogens with zero attached hydrogens (tertiary/aromatic N) is 1. The highest BCUT2D eigenvalue weighted by Crippen LogP contribution is 2.41. The van der Waals surface area contributed by atoms with E-state index in [2.05, 4.69) is 52.3 Å². The van der Waals surface area contributed by atoms with Crippen LogP contribution in [-0.2, 0) is 9.57 Å². The lowest BCUT2D eigenvalue weighted by Gasteiger charge is -2.30. The third kappa shape index (κ3) is 17.4. The normalized spacial score (nSPS) is 25.4. The van der Waals surface area contributed by atoms with Gasteiger partial charge in [0.2, 0.25) is 0 Å². The number of rotatable bonds is 15. The summed E-state index contributed by atoms with van der Waals surface area (Å²) in [7, 11) is 4.29. The molecule has 0 heterocycles. The molecule has 4 saturated carbocycles. The van der Waals surface area contributed by atoms with E-state index in [0.717, 1.165) is 18.3 Å². The number of ether oxygens (including phenoxy) is 1. The highest BCUT2D eigenvalue weighted by Gasteiger charge is 2.31. The largest absolute Gasteiger partial charge is 0.391 e. The van der Waals surface area contributed by atoms with Crippen molar-refractivity contribution >= 4 is 27.8 Å². The monoisotopic (exact) mass is 691 g/mol. The molecule has 0 spiro atoms. The maximum atomic E-state index is 6.68. The Kier molecular flexibility index (Phi) is 21.5. The zero-order valence-corrected chi connectivity index (χ0v) is 32.2. The van der Waals surface area contributed by atoms with Crippen LogP contribution in [0.25, 0.3) is 0 Å². The molecule has 47 heavy (non-hydrogen) atoms. The summed E-state index contributed by atoms with van der Waals surface area (Å²) in [6.07, 6.45) is 46.4. The Balaban J connectivity index is 1.43. The van der Waals surface area contributed by atoms with Gasteiger partial charge in [-0.2, -0.15) is 0 Å². The summed E-state index contributed by atoms with van der Waals surface area (Å²) < 4.78 is 6.67. The molecular weight excluding hydrogens is 617 g/mol. The van der Waals surface area contributed by atoms with Crippen LogP contribution in [0.4, 0.5) is 0 Å². The summed E-state index contributed by atoms with van der Waals surface area (Å²) in [5.41, 5.74) is 0. The zero-order chi connectivity index (χ0) is 32.6. The molecule has 4 aliphatic carbocycles. The standard InChI is InChI=1S/C41H74N2O2S2/c1-35(30-32-42-37-24-16-8-3-9-17-25-37)41(45-43-34-36-22-14-6-2-7-15-23-36)40(47-46-39-28-20-12-5-13-21-29-39)31-33-44-38-26-18-10-4-11-19-27-38/h30,32,34-42H,2-29,31,33H2,1H3/b32-30+,43-34+. The zero-order valence-electron chi connectivity index (χ0n) is 30.6. The van der Waals surface area contributed by atoms with E-state index in [1.807, 2.05) is 0 Å². The second-order valence-electron chi connectivity index (χ2n) is 15.7. The minimum Gasteiger partial charge on any atom is -0.391 e. The van der Waals surface area contributed by atoms with Gasteiger partial charge < -0.3 is 14.9 Å². The minimum atomic E-state index is 0.0437. The maximum Gasteiger partial charge on any atom is 0.146 e. The minimum absolute atomic E-state index is 0.0437. The van der Waals surface area contributed by atoms with Gasteiger partial charge in [0.05, 0.1) is 11.4 Å². The molecule has 272 valence electrons. The lowest BCUT2D eigenvalue weighted by atomic mass is 9.92. The van der Waals surface area contributed by atoms with Crippen molar-refractivity contribution in [3.63, 3.8) is 0 Å². The Morgan fingerprint density at radius 3 is 1.77 bits per heavy atom. The van der Waals surface area contributed by atoms with Gasteiger partial charge in [0.15, 0.2) is 0 Å². The Morgan fingerprint density at radius 1 is 0.660 bits per heavy atom. The fraction of sp³-hybridized carbons (Fsp3) is 0.927. The van der Waals surface area contributed by atoms with Gasteiger partial charge in [0, 0.05) is 30.0 Å². The first kappa shape index (κ1) is 39.5. The molecule has 3 unspecified atom stereocenters. The van der Waals surface area contributed by atoms with Crippen molar-refractivity contribution in [1.29, 1.82) is 0 Å². The molecule has 6 heteroatoms. The van der Waals surface area contributed by atoms with Crippen LogP contribution in [0.5, 0.6) is 0 Å². The second kappa shape index (κ2) is 25.6. The van der Waals surface area contributed by atoms with Crippen LogP contribution in [0.2, 0.25) is 0 Å². The fourth-order valence-electron chi connectivity index (χ4n) is 8.27. The van der Waals surface area contributed by atoms with Crippen LogP contribution in [-0.4, -0.2) is 41.6 Å². The van der Waals surface area contributed by atoms with Gasteiger partial charge in [-0.05, 0) is 69.9 Å². The van der Waals surface area contributed by atoms with Crippen LogP contribution >= 0.6 is 21.6 Å². The molecule has 0 saturated heterocycles. The van der Waals surface area contributed by atoms with Crippen LogP contribution < -0.4 is 5.32 Å². The van der Waals surface area contributed by atoms with Gasteiger partial charge >= 0.3 is 0 Å². The Morgan fingerprint density at radius 2 is 1.17 bits per heavy atom. The fourth-order valence-corrected chi connectivity index (χ4v) is 11.8. The second-order valence-corrected chi connectivity index (χ2v) is 18.5. The van der Waals surface area contributed by atoms with Gasteiger partial charge in [-0.3, -0.25) is 0 Å². The Labute approximate surface area is 299 Å². The molecular formula is C41H74N2O2S2. The predicted octanol–water partition coefficient (Wildman–Crippen LogP) is 13.0. The first-order valence-corrected chi connectivity index (χ1v) is 23.1. The molecule has 3 atom stereocenters. The maximum absolute atomic E-state index is 6.68. The Hall–Kier alpha value is -0.330. The summed E-state index contributed by atoms with van der Waals surface area (Å²) >= 11 is 0. The summed E-state index contributed by atoms with van der Waals surface area (Å²) in [6.45, 7) is 3.21. The lowest BCUT2D eigenvalue weighted by molar-refractivity contribution is 0.00758. The van der Waals surface area contributed by atoms with E-state index in [4.69, 9.17) is 14.7 Å². The molecule has 0 aromatic heterocycles. The van der Waals surface area contributed by atoms with E-state index in [1.54, 1.807) is 0 Å². The average molecular weight is 691 g/mol. The van der Waals surface area contributed by atoms with Crippen LogP contribution in [0.15, 0.2) is 17.4 Å². The molecule has 0 amide bonds. The van der Waals surface area contributed by atoms with Crippen molar-refractivity contribution in [2.24, 2.45) is 17.0 Å². The van der Waals surface area contributed by atoms with Crippen LogP contribution in [0, 0.1) is 11.8 Å².